The van der Waals surface area contributed by atoms with E-state index in [9.17, 15) is 4.79 Å². The molecule has 0 unspecified atom stereocenters. The van der Waals surface area contributed by atoms with Gasteiger partial charge in [-0.2, -0.15) is 0 Å². The number of rotatable bonds is 7. The quantitative estimate of drug-likeness (QED) is 0.791. The molecule has 1 amide bonds. The molecule has 1 atom stereocenters. The van der Waals surface area contributed by atoms with Crippen LogP contribution in [0.25, 0.3) is 0 Å². The Labute approximate surface area is 116 Å². The summed E-state index contributed by atoms with van der Waals surface area (Å²) in [6.45, 7) is 7.54. The number of aryl methyl sites for hydroxylation is 1. The lowest BCUT2D eigenvalue weighted by atomic mass is 9.94. The summed E-state index contributed by atoms with van der Waals surface area (Å²) < 4.78 is 2.09. The molecule has 0 aliphatic carbocycles. The molecule has 0 radical (unpaired) electrons. The molecule has 19 heavy (non-hydrogen) atoms. The Morgan fingerprint density at radius 1 is 1.42 bits per heavy atom. The van der Waals surface area contributed by atoms with E-state index in [2.05, 4.69) is 36.7 Å². The minimum atomic E-state index is 0.0925. The molecule has 0 aliphatic rings. The van der Waals surface area contributed by atoms with Gasteiger partial charge in [-0.15, -0.1) is 0 Å². The van der Waals surface area contributed by atoms with Crippen molar-refractivity contribution in [2.75, 3.05) is 6.54 Å². The molecule has 4 nitrogen and oxygen atoms in total. The molecule has 3 N–H and O–H groups in total. The summed E-state index contributed by atoms with van der Waals surface area (Å²) in [5.41, 5.74) is 8.04. The van der Waals surface area contributed by atoms with E-state index in [-0.39, 0.29) is 11.8 Å². The Bertz CT molecular complexity index is 410. The number of carbonyl (C=O) groups excluding carboxylic acids is 1. The van der Waals surface area contributed by atoms with Crippen LogP contribution in [0.4, 0.5) is 0 Å². The first kappa shape index (κ1) is 15.8. The highest BCUT2D eigenvalue weighted by Gasteiger charge is 2.14. The molecular formula is C15H27N3O. The van der Waals surface area contributed by atoms with Crippen LogP contribution in [0.3, 0.4) is 0 Å². The average molecular weight is 265 g/mol. The van der Waals surface area contributed by atoms with Crippen LogP contribution in [-0.4, -0.2) is 17.0 Å². The molecule has 0 saturated heterocycles. The maximum absolute atomic E-state index is 11.9. The summed E-state index contributed by atoms with van der Waals surface area (Å²) in [4.78, 5) is 11.9. The van der Waals surface area contributed by atoms with E-state index in [0.29, 0.717) is 25.4 Å². The van der Waals surface area contributed by atoms with Crippen LogP contribution in [0.2, 0.25) is 0 Å². The van der Waals surface area contributed by atoms with Gasteiger partial charge >= 0.3 is 0 Å². The third kappa shape index (κ3) is 5.07. The standard InChI is InChI=1S/C15H27N3O/c1-11(2)7-13(9-16)8-15(19)17-10-14-6-5-12(3)18(14)4/h5-6,11,13H,7-10,16H2,1-4H3,(H,17,19)/t13-/m0/s1. The van der Waals surface area contributed by atoms with Crippen LogP contribution in [0.1, 0.15) is 38.1 Å². The van der Waals surface area contributed by atoms with Gasteiger partial charge in [0.15, 0.2) is 0 Å². The van der Waals surface area contributed by atoms with E-state index >= 15 is 0 Å². The number of nitrogens with two attached hydrogens (primary N) is 1. The Kier molecular flexibility index (Phi) is 6.09. The molecule has 1 heterocycles. The summed E-state index contributed by atoms with van der Waals surface area (Å²) in [6, 6.07) is 4.10. The van der Waals surface area contributed by atoms with Crippen LogP contribution >= 0.6 is 0 Å². The van der Waals surface area contributed by atoms with Crippen LogP contribution in [0.5, 0.6) is 0 Å². The van der Waals surface area contributed by atoms with E-state index in [1.807, 2.05) is 13.1 Å². The SMILES string of the molecule is Cc1ccc(CNC(=O)C[C@@H](CN)CC(C)C)n1C. The molecule has 108 valence electrons. The van der Waals surface area contributed by atoms with Crippen molar-refractivity contribution in [1.29, 1.82) is 0 Å². The molecule has 0 fully saturated rings. The maximum Gasteiger partial charge on any atom is 0.220 e. The van der Waals surface area contributed by atoms with Crippen LogP contribution in [-0.2, 0) is 18.4 Å². The van der Waals surface area contributed by atoms with Gasteiger partial charge in [0, 0.05) is 24.9 Å². The highest BCUT2D eigenvalue weighted by molar-refractivity contribution is 5.76. The first-order valence-corrected chi connectivity index (χ1v) is 7.02. The lowest BCUT2D eigenvalue weighted by Crippen LogP contribution is -2.29. The number of nitrogens with one attached hydrogen (secondary N) is 1. The number of nitrogens with zero attached hydrogens (tertiary/aromatic N) is 1. The van der Waals surface area contributed by atoms with Gasteiger partial charge in [0.2, 0.25) is 5.91 Å². The fourth-order valence-electron chi connectivity index (χ4n) is 2.30. The zero-order valence-corrected chi connectivity index (χ0v) is 12.6. The van der Waals surface area contributed by atoms with Gasteiger partial charge in [-0.1, -0.05) is 13.8 Å². The second kappa shape index (κ2) is 7.34. The summed E-state index contributed by atoms with van der Waals surface area (Å²) in [6.07, 6.45) is 1.53. The largest absolute Gasteiger partial charge is 0.351 e. The van der Waals surface area contributed by atoms with Crippen molar-refractivity contribution in [2.24, 2.45) is 24.6 Å². The average Bonchev–Trinajstić information content (AvgIpc) is 2.66. The highest BCUT2D eigenvalue weighted by atomic mass is 16.1. The first-order chi connectivity index (χ1) is 8.93. The first-order valence-electron chi connectivity index (χ1n) is 7.02. The van der Waals surface area contributed by atoms with E-state index in [1.165, 1.54) is 5.69 Å². The lowest BCUT2D eigenvalue weighted by Gasteiger charge is -2.16. The van der Waals surface area contributed by atoms with Gasteiger partial charge < -0.3 is 15.6 Å². The second-order valence-electron chi connectivity index (χ2n) is 5.74. The van der Waals surface area contributed by atoms with Crippen molar-refractivity contribution >= 4 is 5.91 Å². The van der Waals surface area contributed by atoms with Crippen molar-refractivity contribution in [3.63, 3.8) is 0 Å². The Hall–Kier alpha value is -1.29. The maximum atomic E-state index is 11.9. The molecule has 0 aromatic carbocycles. The fourth-order valence-corrected chi connectivity index (χ4v) is 2.30. The van der Waals surface area contributed by atoms with Crippen LogP contribution in [0, 0.1) is 18.8 Å². The predicted octanol–water partition coefficient (Wildman–Crippen LogP) is 1.96. The number of carbonyl (C=O) groups is 1. The summed E-state index contributed by atoms with van der Waals surface area (Å²) >= 11 is 0. The number of amides is 1. The molecule has 4 heteroatoms. The summed E-state index contributed by atoms with van der Waals surface area (Å²) in [5.74, 6) is 0.960. The van der Waals surface area contributed by atoms with Crippen molar-refractivity contribution in [3.05, 3.63) is 23.5 Å². The molecule has 1 aromatic rings. The lowest BCUT2D eigenvalue weighted by molar-refractivity contribution is -0.122. The van der Waals surface area contributed by atoms with Crippen molar-refractivity contribution in [3.8, 4) is 0 Å². The topological polar surface area (TPSA) is 60.1 Å². The van der Waals surface area contributed by atoms with Gasteiger partial charge in [-0.25, -0.2) is 0 Å². The smallest absolute Gasteiger partial charge is 0.220 e. The van der Waals surface area contributed by atoms with Gasteiger partial charge in [0.05, 0.1) is 6.54 Å². The van der Waals surface area contributed by atoms with Gasteiger partial charge in [-0.05, 0) is 43.9 Å². The van der Waals surface area contributed by atoms with E-state index < -0.39 is 0 Å². The monoisotopic (exact) mass is 265 g/mol. The molecule has 0 bridgehead atoms. The van der Waals surface area contributed by atoms with E-state index in [0.717, 1.165) is 12.1 Å². The highest BCUT2D eigenvalue weighted by Crippen LogP contribution is 2.14. The zero-order valence-electron chi connectivity index (χ0n) is 12.6. The molecule has 0 aliphatic heterocycles. The predicted molar refractivity (Wildman–Crippen MR) is 78.6 cm³/mol. The summed E-state index contributed by atoms with van der Waals surface area (Å²) in [5, 5.41) is 2.98. The van der Waals surface area contributed by atoms with Crippen molar-refractivity contribution < 1.29 is 4.79 Å². The summed E-state index contributed by atoms with van der Waals surface area (Å²) in [7, 11) is 2.01. The molecular weight excluding hydrogens is 238 g/mol. The molecule has 0 spiro atoms. The van der Waals surface area contributed by atoms with Crippen LogP contribution < -0.4 is 11.1 Å². The van der Waals surface area contributed by atoms with Crippen LogP contribution in [0.15, 0.2) is 12.1 Å². The minimum absolute atomic E-state index is 0.0925. The van der Waals surface area contributed by atoms with E-state index in [4.69, 9.17) is 5.73 Å². The Morgan fingerprint density at radius 3 is 2.58 bits per heavy atom. The molecule has 0 saturated carbocycles. The Morgan fingerprint density at radius 2 is 2.11 bits per heavy atom. The zero-order chi connectivity index (χ0) is 14.4. The molecule has 1 aromatic heterocycles. The van der Waals surface area contributed by atoms with Gasteiger partial charge in [0.25, 0.3) is 0 Å². The van der Waals surface area contributed by atoms with Gasteiger partial charge in [0.1, 0.15) is 0 Å². The Balaban J connectivity index is 2.40. The molecule has 1 rings (SSSR count). The van der Waals surface area contributed by atoms with Crippen molar-refractivity contribution in [1.82, 2.24) is 9.88 Å². The van der Waals surface area contributed by atoms with Crippen molar-refractivity contribution in [2.45, 2.75) is 40.2 Å². The fraction of sp³-hybridized carbons (Fsp3) is 0.667. The number of hydrogen-bond acceptors (Lipinski definition) is 2. The minimum Gasteiger partial charge on any atom is -0.351 e. The number of hydrogen-bond donors (Lipinski definition) is 2. The third-order valence-corrected chi connectivity index (χ3v) is 3.56. The van der Waals surface area contributed by atoms with Gasteiger partial charge in [-0.3, -0.25) is 4.79 Å². The van der Waals surface area contributed by atoms with E-state index in [1.54, 1.807) is 0 Å². The second-order valence-corrected chi connectivity index (χ2v) is 5.74. The third-order valence-electron chi connectivity index (χ3n) is 3.56. The number of aromatic nitrogens is 1. The normalized spacial score (nSPS) is 12.7.